The highest BCUT2D eigenvalue weighted by atomic mass is 17.5. The van der Waals surface area contributed by atoms with Crippen molar-refractivity contribution in [3.8, 4) is 11.5 Å². The van der Waals surface area contributed by atoms with E-state index in [4.69, 9.17) is 9.62 Å². The van der Waals surface area contributed by atoms with Crippen molar-refractivity contribution in [3.05, 3.63) is 22.8 Å². The van der Waals surface area contributed by atoms with Gasteiger partial charge in [-0.25, -0.2) is 4.79 Å². The second-order valence-electron chi connectivity index (χ2n) is 3.67. The summed E-state index contributed by atoms with van der Waals surface area (Å²) in [4.78, 5) is 20.1. The van der Waals surface area contributed by atoms with Crippen molar-refractivity contribution < 1.29 is 24.3 Å². The molecule has 0 spiro atoms. The SMILES string of the molecule is Cc1cc2c(c(C)c1C)OOOC(=O)CO2. The highest BCUT2D eigenvalue weighted by molar-refractivity contribution is 5.71. The lowest BCUT2D eigenvalue weighted by atomic mass is 10.0. The molecule has 0 radical (unpaired) electrons. The molecule has 0 aromatic heterocycles. The summed E-state index contributed by atoms with van der Waals surface area (Å²) in [5, 5.41) is 4.36. The van der Waals surface area contributed by atoms with Gasteiger partial charge in [0, 0.05) is 10.6 Å². The second-order valence-corrected chi connectivity index (χ2v) is 3.67. The summed E-state index contributed by atoms with van der Waals surface area (Å²) >= 11 is 0. The highest BCUT2D eigenvalue weighted by Crippen LogP contribution is 2.36. The third kappa shape index (κ3) is 1.81. The summed E-state index contributed by atoms with van der Waals surface area (Å²) in [5.74, 6) is 0.286. The van der Waals surface area contributed by atoms with Crippen LogP contribution in [0.3, 0.4) is 0 Å². The normalized spacial score (nSPS) is 15.1. The Balaban J connectivity index is 2.46. The van der Waals surface area contributed by atoms with Gasteiger partial charge in [0.25, 0.3) is 0 Å². The number of hydrogen-bond acceptors (Lipinski definition) is 5. The van der Waals surface area contributed by atoms with Gasteiger partial charge in [-0.05, 0) is 38.0 Å². The summed E-state index contributed by atoms with van der Waals surface area (Å²) in [6, 6.07) is 1.81. The smallest absolute Gasteiger partial charge is 0.383 e. The number of carbonyl (C=O) groups excluding carboxylic acids is 1. The Kier molecular flexibility index (Phi) is 2.70. The minimum absolute atomic E-state index is 0.196. The predicted molar refractivity (Wildman–Crippen MR) is 54.0 cm³/mol. The van der Waals surface area contributed by atoms with Gasteiger partial charge in [-0.3, -0.25) is 9.78 Å². The van der Waals surface area contributed by atoms with Crippen molar-refractivity contribution in [1.29, 1.82) is 0 Å². The Morgan fingerprint density at radius 2 is 1.88 bits per heavy atom. The van der Waals surface area contributed by atoms with Gasteiger partial charge in [0.2, 0.25) is 5.75 Å². The van der Waals surface area contributed by atoms with E-state index in [0.717, 1.165) is 16.7 Å². The monoisotopic (exact) mass is 224 g/mol. The van der Waals surface area contributed by atoms with Crippen molar-refractivity contribution >= 4 is 5.97 Å². The molecule has 0 fully saturated rings. The molecule has 1 aliphatic rings. The maximum absolute atomic E-state index is 10.9. The summed E-state index contributed by atoms with van der Waals surface area (Å²) in [6.45, 7) is 5.62. The Hall–Kier alpha value is -1.75. The van der Waals surface area contributed by atoms with Crippen molar-refractivity contribution in [1.82, 2.24) is 0 Å². The van der Waals surface area contributed by atoms with Crippen molar-refractivity contribution in [2.75, 3.05) is 6.61 Å². The zero-order valence-corrected chi connectivity index (χ0v) is 9.33. The van der Waals surface area contributed by atoms with Crippen LogP contribution in [0.2, 0.25) is 0 Å². The first-order valence-corrected chi connectivity index (χ1v) is 4.87. The first kappa shape index (κ1) is 10.8. The number of rotatable bonds is 0. The van der Waals surface area contributed by atoms with Gasteiger partial charge in [0.15, 0.2) is 12.4 Å². The summed E-state index contributed by atoms with van der Waals surface area (Å²) in [6.07, 6.45) is 0. The Bertz CT molecular complexity index is 438. The number of aryl methyl sites for hydroxylation is 1. The lowest BCUT2D eigenvalue weighted by molar-refractivity contribution is -0.439. The van der Waals surface area contributed by atoms with E-state index in [0.29, 0.717) is 11.5 Å². The molecule has 0 saturated heterocycles. The van der Waals surface area contributed by atoms with E-state index >= 15 is 0 Å². The predicted octanol–water partition coefficient (Wildman–Crippen LogP) is 1.77. The molecule has 0 unspecified atom stereocenters. The standard InChI is InChI=1S/C11H12O5/c1-6-4-9-11(8(3)7(6)2)15-16-14-10(12)5-13-9/h4H,5H2,1-3H3. The fourth-order valence-corrected chi connectivity index (χ4v) is 1.48. The third-order valence-corrected chi connectivity index (χ3v) is 2.66. The number of ether oxygens (including phenoxy) is 1. The Morgan fingerprint density at radius 3 is 2.62 bits per heavy atom. The maximum Gasteiger partial charge on any atom is 0.383 e. The second kappa shape index (κ2) is 4.02. The summed E-state index contributed by atoms with van der Waals surface area (Å²) in [7, 11) is 0. The molecule has 16 heavy (non-hydrogen) atoms. The molecular formula is C11H12O5. The van der Waals surface area contributed by atoms with Crippen LogP contribution < -0.4 is 9.62 Å². The van der Waals surface area contributed by atoms with Gasteiger partial charge in [-0.1, -0.05) is 0 Å². The van der Waals surface area contributed by atoms with E-state index in [9.17, 15) is 4.79 Å². The van der Waals surface area contributed by atoms with Crippen LogP contribution in [0, 0.1) is 20.8 Å². The molecule has 1 aromatic carbocycles. The molecule has 0 amide bonds. The van der Waals surface area contributed by atoms with Gasteiger partial charge in [0.1, 0.15) is 0 Å². The number of hydrogen-bond donors (Lipinski definition) is 0. The fourth-order valence-electron chi connectivity index (χ4n) is 1.48. The molecule has 86 valence electrons. The largest absolute Gasteiger partial charge is 0.478 e. The van der Waals surface area contributed by atoms with E-state index in [-0.39, 0.29) is 6.61 Å². The number of fused-ring (bicyclic) bond motifs is 1. The molecule has 0 saturated carbocycles. The van der Waals surface area contributed by atoms with Gasteiger partial charge in [-0.15, -0.1) is 0 Å². The van der Waals surface area contributed by atoms with E-state index in [1.165, 1.54) is 0 Å². The van der Waals surface area contributed by atoms with Crippen LogP contribution in [0.25, 0.3) is 0 Å². The lowest BCUT2D eigenvalue weighted by Gasteiger charge is -2.17. The first-order valence-electron chi connectivity index (χ1n) is 4.87. The summed E-state index contributed by atoms with van der Waals surface area (Å²) < 4.78 is 5.28. The first-order chi connectivity index (χ1) is 7.59. The fraction of sp³-hybridized carbons (Fsp3) is 0.364. The van der Waals surface area contributed by atoms with Crippen LogP contribution in [0.4, 0.5) is 0 Å². The topological polar surface area (TPSA) is 54.0 Å². The molecule has 1 heterocycles. The van der Waals surface area contributed by atoms with Gasteiger partial charge < -0.3 is 4.74 Å². The Morgan fingerprint density at radius 1 is 1.12 bits per heavy atom. The lowest BCUT2D eigenvalue weighted by Crippen LogP contribution is -2.20. The Labute approximate surface area is 92.7 Å². The van der Waals surface area contributed by atoms with E-state index < -0.39 is 5.97 Å². The molecule has 5 nitrogen and oxygen atoms in total. The van der Waals surface area contributed by atoms with E-state index in [1.807, 2.05) is 20.8 Å². The molecule has 2 rings (SSSR count). The summed E-state index contributed by atoms with van der Waals surface area (Å²) in [5.41, 5.74) is 3.04. The minimum atomic E-state index is -0.637. The van der Waals surface area contributed by atoms with Crippen LogP contribution in [0.5, 0.6) is 11.5 Å². The molecule has 0 bridgehead atoms. The molecule has 0 atom stereocenters. The van der Waals surface area contributed by atoms with Gasteiger partial charge in [-0.2, -0.15) is 0 Å². The maximum atomic E-state index is 10.9. The van der Waals surface area contributed by atoms with Crippen molar-refractivity contribution in [2.45, 2.75) is 20.8 Å². The third-order valence-electron chi connectivity index (χ3n) is 2.66. The van der Waals surface area contributed by atoms with Crippen LogP contribution in [-0.2, 0) is 14.7 Å². The van der Waals surface area contributed by atoms with Crippen LogP contribution in [0.1, 0.15) is 16.7 Å². The van der Waals surface area contributed by atoms with Crippen molar-refractivity contribution in [2.24, 2.45) is 0 Å². The quantitative estimate of drug-likeness (QED) is 0.628. The van der Waals surface area contributed by atoms with Crippen LogP contribution in [-0.4, -0.2) is 12.6 Å². The number of carbonyl (C=O) groups is 1. The van der Waals surface area contributed by atoms with E-state index in [1.54, 1.807) is 6.07 Å². The van der Waals surface area contributed by atoms with E-state index in [2.05, 4.69) is 9.93 Å². The molecule has 5 heteroatoms. The minimum Gasteiger partial charge on any atom is -0.478 e. The van der Waals surface area contributed by atoms with Gasteiger partial charge in [0.05, 0.1) is 0 Å². The van der Waals surface area contributed by atoms with Crippen molar-refractivity contribution in [3.63, 3.8) is 0 Å². The van der Waals surface area contributed by atoms with Gasteiger partial charge >= 0.3 is 5.97 Å². The average Bonchev–Trinajstić information content (AvgIpc) is 2.24. The molecule has 1 aromatic rings. The van der Waals surface area contributed by atoms with Crippen LogP contribution in [0.15, 0.2) is 6.07 Å². The molecule has 1 aliphatic heterocycles. The molecule has 0 N–H and O–H groups in total. The average molecular weight is 224 g/mol. The van der Waals surface area contributed by atoms with Crippen LogP contribution >= 0.6 is 0 Å². The highest BCUT2D eigenvalue weighted by Gasteiger charge is 2.20. The zero-order valence-electron chi connectivity index (χ0n) is 9.33. The number of benzene rings is 1. The molecule has 0 aliphatic carbocycles. The molecular weight excluding hydrogens is 212 g/mol. The zero-order chi connectivity index (χ0) is 11.7.